The van der Waals surface area contributed by atoms with Gasteiger partial charge in [-0.3, -0.25) is 4.79 Å². The molecule has 192 valence electrons. The Balaban J connectivity index is 1.37. The fourth-order valence-electron chi connectivity index (χ4n) is 4.89. The molecule has 0 spiro atoms. The number of fused-ring (bicyclic) bond motifs is 1. The summed E-state index contributed by atoms with van der Waals surface area (Å²) in [6.45, 7) is 7.14. The van der Waals surface area contributed by atoms with Crippen molar-refractivity contribution in [3.05, 3.63) is 72.2 Å². The molecule has 0 bridgehead atoms. The molecular weight excluding hydrogens is 464 g/mol. The van der Waals surface area contributed by atoms with E-state index in [1.807, 2.05) is 70.4 Å². The highest BCUT2D eigenvalue weighted by Gasteiger charge is 2.26. The summed E-state index contributed by atoms with van der Waals surface area (Å²) in [5.41, 5.74) is 2.80. The standard InChI is InChI=1S/C29H34N6O2/c1-4-8-21(2)27-31-28(25-20-30-35(29(25)32-27)23-9-6-5-7-10-23)34-17-15-33(16-18-34)26(36)19-22-11-13-24(37-3)14-12-22/h5-7,9-14,20-21H,4,8,15-19H2,1-3H3/t21-/m0/s1. The van der Waals surface area contributed by atoms with Crippen LogP contribution in [-0.4, -0.2) is 63.8 Å². The molecule has 2 aromatic heterocycles. The van der Waals surface area contributed by atoms with Crippen LogP contribution in [0.4, 0.5) is 5.82 Å². The molecule has 37 heavy (non-hydrogen) atoms. The van der Waals surface area contributed by atoms with E-state index in [0.717, 1.165) is 65.6 Å². The van der Waals surface area contributed by atoms with E-state index in [9.17, 15) is 4.79 Å². The normalized spacial score (nSPS) is 14.7. The number of aromatic nitrogens is 4. The fraction of sp³-hybridized carbons (Fsp3) is 0.379. The summed E-state index contributed by atoms with van der Waals surface area (Å²) in [6, 6.07) is 17.8. The van der Waals surface area contributed by atoms with E-state index in [2.05, 4.69) is 23.8 Å². The van der Waals surface area contributed by atoms with Gasteiger partial charge >= 0.3 is 0 Å². The maximum Gasteiger partial charge on any atom is 0.227 e. The van der Waals surface area contributed by atoms with Gasteiger partial charge in [-0.2, -0.15) is 5.10 Å². The Morgan fingerprint density at radius 2 is 1.73 bits per heavy atom. The number of methoxy groups -OCH3 is 1. The van der Waals surface area contributed by atoms with Gasteiger partial charge in [0.2, 0.25) is 5.91 Å². The first-order chi connectivity index (χ1) is 18.1. The van der Waals surface area contributed by atoms with Gasteiger partial charge in [0, 0.05) is 32.1 Å². The second-order valence-electron chi connectivity index (χ2n) is 9.62. The van der Waals surface area contributed by atoms with Crippen molar-refractivity contribution in [1.29, 1.82) is 0 Å². The topological polar surface area (TPSA) is 76.4 Å². The van der Waals surface area contributed by atoms with Gasteiger partial charge in [0.25, 0.3) is 0 Å². The third kappa shape index (κ3) is 5.28. The molecule has 5 rings (SSSR count). The average Bonchev–Trinajstić information content (AvgIpc) is 3.38. The van der Waals surface area contributed by atoms with Crippen LogP contribution in [0.25, 0.3) is 16.7 Å². The van der Waals surface area contributed by atoms with Gasteiger partial charge in [-0.05, 0) is 36.2 Å². The summed E-state index contributed by atoms with van der Waals surface area (Å²) in [5.74, 6) is 2.95. The van der Waals surface area contributed by atoms with Gasteiger partial charge in [-0.15, -0.1) is 0 Å². The Bertz CT molecular complexity index is 1340. The maximum absolute atomic E-state index is 13.0. The van der Waals surface area contributed by atoms with Crippen LogP contribution in [0, 0.1) is 0 Å². The molecule has 8 nitrogen and oxygen atoms in total. The van der Waals surface area contributed by atoms with Crippen LogP contribution in [0.2, 0.25) is 0 Å². The molecule has 0 aliphatic carbocycles. The van der Waals surface area contributed by atoms with Crippen molar-refractivity contribution in [3.8, 4) is 11.4 Å². The molecule has 2 aromatic carbocycles. The molecule has 1 aliphatic heterocycles. The van der Waals surface area contributed by atoms with E-state index >= 15 is 0 Å². The van der Waals surface area contributed by atoms with Gasteiger partial charge in [-0.1, -0.05) is 50.6 Å². The van der Waals surface area contributed by atoms with E-state index in [-0.39, 0.29) is 11.8 Å². The Kier molecular flexibility index (Phi) is 7.35. The minimum atomic E-state index is 0.145. The number of hydrogen-bond donors (Lipinski definition) is 0. The SMILES string of the molecule is CCC[C@H](C)c1nc(N2CCN(C(=O)Cc3ccc(OC)cc3)CC2)c2cnn(-c3ccccc3)c2n1. The number of nitrogens with zero attached hydrogens (tertiary/aromatic N) is 6. The van der Waals surface area contributed by atoms with Crippen molar-refractivity contribution in [2.24, 2.45) is 0 Å². The summed E-state index contributed by atoms with van der Waals surface area (Å²) in [7, 11) is 1.64. The molecule has 0 saturated carbocycles. The number of carbonyl (C=O) groups excluding carboxylic acids is 1. The Labute approximate surface area is 217 Å². The molecule has 0 radical (unpaired) electrons. The molecule has 1 saturated heterocycles. The van der Waals surface area contributed by atoms with E-state index in [1.165, 1.54) is 0 Å². The van der Waals surface area contributed by atoms with Crippen molar-refractivity contribution < 1.29 is 9.53 Å². The maximum atomic E-state index is 13.0. The Hall–Kier alpha value is -3.94. The zero-order valence-electron chi connectivity index (χ0n) is 21.8. The van der Waals surface area contributed by atoms with E-state index in [4.69, 9.17) is 14.7 Å². The van der Waals surface area contributed by atoms with Crippen molar-refractivity contribution in [2.45, 2.75) is 39.0 Å². The lowest BCUT2D eigenvalue weighted by molar-refractivity contribution is -0.130. The lowest BCUT2D eigenvalue weighted by atomic mass is 10.1. The van der Waals surface area contributed by atoms with E-state index in [1.54, 1.807) is 7.11 Å². The van der Waals surface area contributed by atoms with Gasteiger partial charge in [0.15, 0.2) is 5.65 Å². The van der Waals surface area contributed by atoms with Crippen molar-refractivity contribution in [1.82, 2.24) is 24.6 Å². The number of amides is 1. The number of para-hydroxylation sites is 1. The third-order valence-corrected chi connectivity index (χ3v) is 7.04. The first-order valence-corrected chi connectivity index (χ1v) is 13.0. The number of benzene rings is 2. The predicted octanol–water partition coefficient (Wildman–Crippen LogP) is 4.62. The Morgan fingerprint density at radius 1 is 1.00 bits per heavy atom. The van der Waals surface area contributed by atoms with E-state index < -0.39 is 0 Å². The molecule has 1 aliphatic rings. The zero-order valence-corrected chi connectivity index (χ0v) is 21.8. The van der Waals surface area contributed by atoms with Crippen molar-refractivity contribution >= 4 is 22.8 Å². The van der Waals surface area contributed by atoms with Gasteiger partial charge in [0.1, 0.15) is 17.4 Å². The number of hydrogen-bond acceptors (Lipinski definition) is 6. The minimum absolute atomic E-state index is 0.145. The van der Waals surface area contributed by atoms with Crippen LogP contribution in [0.3, 0.4) is 0 Å². The minimum Gasteiger partial charge on any atom is -0.497 e. The fourth-order valence-corrected chi connectivity index (χ4v) is 4.89. The molecule has 8 heteroatoms. The molecule has 1 fully saturated rings. The summed E-state index contributed by atoms with van der Waals surface area (Å²) < 4.78 is 7.12. The average molecular weight is 499 g/mol. The van der Waals surface area contributed by atoms with Crippen LogP contribution in [0.1, 0.15) is 44.0 Å². The highest BCUT2D eigenvalue weighted by atomic mass is 16.5. The highest BCUT2D eigenvalue weighted by molar-refractivity contribution is 5.88. The molecule has 0 N–H and O–H groups in total. The first-order valence-electron chi connectivity index (χ1n) is 13.0. The van der Waals surface area contributed by atoms with Crippen LogP contribution in [0.15, 0.2) is 60.8 Å². The quantitative estimate of drug-likeness (QED) is 0.353. The molecular formula is C29H34N6O2. The third-order valence-electron chi connectivity index (χ3n) is 7.04. The van der Waals surface area contributed by atoms with Gasteiger partial charge in [0.05, 0.1) is 30.8 Å². The summed E-state index contributed by atoms with van der Waals surface area (Å²) >= 11 is 0. The summed E-state index contributed by atoms with van der Waals surface area (Å²) in [5, 5.41) is 5.62. The number of carbonyl (C=O) groups is 1. The van der Waals surface area contributed by atoms with Gasteiger partial charge < -0.3 is 14.5 Å². The lowest BCUT2D eigenvalue weighted by Gasteiger charge is -2.36. The molecule has 1 atom stereocenters. The zero-order chi connectivity index (χ0) is 25.8. The number of piperazine rings is 1. The molecule has 4 aromatic rings. The van der Waals surface area contributed by atoms with Crippen molar-refractivity contribution in [3.63, 3.8) is 0 Å². The second-order valence-corrected chi connectivity index (χ2v) is 9.62. The number of ether oxygens (including phenoxy) is 1. The monoisotopic (exact) mass is 498 g/mol. The van der Waals surface area contributed by atoms with Crippen LogP contribution < -0.4 is 9.64 Å². The van der Waals surface area contributed by atoms with Crippen LogP contribution >= 0.6 is 0 Å². The largest absolute Gasteiger partial charge is 0.497 e. The summed E-state index contributed by atoms with van der Waals surface area (Å²) in [6.07, 6.45) is 4.36. The predicted molar refractivity (Wildman–Crippen MR) is 145 cm³/mol. The smallest absolute Gasteiger partial charge is 0.227 e. The van der Waals surface area contributed by atoms with E-state index in [0.29, 0.717) is 19.5 Å². The Morgan fingerprint density at radius 3 is 2.41 bits per heavy atom. The first kappa shape index (κ1) is 24.7. The summed E-state index contributed by atoms with van der Waals surface area (Å²) in [4.78, 5) is 27.2. The molecule has 3 heterocycles. The second kappa shape index (κ2) is 11.0. The molecule has 0 unspecified atom stereocenters. The number of rotatable bonds is 8. The van der Waals surface area contributed by atoms with Crippen LogP contribution in [-0.2, 0) is 11.2 Å². The highest BCUT2D eigenvalue weighted by Crippen LogP contribution is 2.29. The van der Waals surface area contributed by atoms with Crippen LogP contribution in [0.5, 0.6) is 5.75 Å². The molecule has 1 amide bonds. The van der Waals surface area contributed by atoms with Gasteiger partial charge in [-0.25, -0.2) is 14.6 Å². The number of anilines is 1. The lowest BCUT2D eigenvalue weighted by Crippen LogP contribution is -2.49. The van der Waals surface area contributed by atoms with Crippen molar-refractivity contribution in [2.75, 3.05) is 38.2 Å².